The Morgan fingerprint density at radius 3 is 2.64 bits per heavy atom. The predicted octanol–water partition coefficient (Wildman–Crippen LogP) is 2.63. The van der Waals surface area contributed by atoms with E-state index >= 15 is 0 Å². The Kier molecular flexibility index (Phi) is 5.52. The Labute approximate surface area is 149 Å². The Hall–Kier alpha value is -2.16. The number of nitriles is 1. The molecule has 1 saturated carbocycles. The molecule has 0 bridgehead atoms. The summed E-state index contributed by atoms with van der Waals surface area (Å²) >= 11 is 0. The Morgan fingerprint density at radius 1 is 1.16 bits per heavy atom. The van der Waals surface area contributed by atoms with Crippen LogP contribution in [-0.4, -0.2) is 35.2 Å². The standard InChI is InChI=1S/C19H27N5O/c1-13-14(2)22-23-18(17(13)11-20)24-10-6-7-15(12-24)19(25)21-16-8-4-3-5-9-16/h15-16H,3-10,12H2,1-2H3,(H,21,25)/t15-/m0/s1. The van der Waals surface area contributed by atoms with Gasteiger partial charge in [-0.15, -0.1) is 5.10 Å². The van der Waals surface area contributed by atoms with Crippen LogP contribution in [0, 0.1) is 31.1 Å². The van der Waals surface area contributed by atoms with E-state index in [0.717, 1.165) is 43.5 Å². The summed E-state index contributed by atoms with van der Waals surface area (Å²) in [6, 6.07) is 2.61. The minimum absolute atomic E-state index is 0.0365. The lowest BCUT2D eigenvalue weighted by molar-refractivity contribution is -0.126. The van der Waals surface area contributed by atoms with Gasteiger partial charge in [0.2, 0.25) is 5.91 Å². The summed E-state index contributed by atoms with van der Waals surface area (Å²) in [6.07, 6.45) is 7.74. The van der Waals surface area contributed by atoms with Crippen LogP contribution in [-0.2, 0) is 4.79 Å². The molecule has 0 spiro atoms. The highest BCUT2D eigenvalue weighted by atomic mass is 16.2. The largest absolute Gasteiger partial charge is 0.353 e. The number of hydrogen-bond acceptors (Lipinski definition) is 5. The van der Waals surface area contributed by atoms with E-state index in [1.807, 2.05) is 13.8 Å². The van der Waals surface area contributed by atoms with Crippen molar-refractivity contribution in [3.05, 3.63) is 16.8 Å². The van der Waals surface area contributed by atoms with Crippen molar-refractivity contribution in [1.29, 1.82) is 5.26 Å². The minimum Gasteiger partial charge on any atom is -0.353 e. The molecule has 6 heteroatoms. The van der Waals surface area contributed by atoms with Gasteiger partial charge < -0.3 is 10.2 Å². The lowest BCUT2D eigenvalue weighted by Gasteiger charge is -2.34. The van der Waals surface area contributed by atoms with Crippen molar-refractivity contribution in [2.24, 2.45) is 5.92 Å². The zero-order chi connectivity index (χ0) is 17.8. The van der Waals surface area contributed by atoms with Gasteiger partial charge in [0.25, 0.3) is 0 Å². The summed E-state index contributed by atoms with van der Waals surface area (Å²) in [5.74, 6) is 0.748. The van der Waals surface area contributed by atoms with Crippen molar-refractivity contribution >= 4 is 11.7 Å². The molecule has 1 N–H and O–H groups in total. The molecule has 1 atom stereocenters. The highest BCUT2D eigenvalue weighted by Gasteiger charge is 2.30. The normalized spacial score (nSPS) is 21.6. The van der Waals surface area contributed by atoms with E-state index in [4.69, 9.17) is 0 Å². The smallest absolute Gasteiger partial charge is 0.225 e. The number of amides is 1. The number of nitrogens with one attached hydrogen (secondary N) is 1. The first-order valence-electron chi connectivity index (χ1n) is 9.39. The molecule has 3 rings (SSSR count). The van der Waals surface area contributed by atoms with Gasteiger partial charge in [0.15, 0.2) is 5.82 Å². The van der Waals surface area contributed by atoms with Crippen molar-refractivity contribution in [3.63, 3.8) is 0 Å². The third-order valence-electron chi connectivity index (χ3n) is 5.59. The first-order valence-corrected chi connectivity index (χ1v) is 9.39. The summed E-state index contributed by atoms with van der Waals surface area (Å²) in [6.45, 7) is 5.20. The predicted molar refractivity (Wildman–Crippen MR) is 96.2 cm³/mol. The zero-order valence-electron chi connectivity index (χ0n) is 15.2. The summed E-state index contributed by atoms with van der Waals surface area (Å²) in [4.78, 5) is 14.7. The van der Waals surface area contributed by atoms with Crippen LogP contribution in [0.1, 0.15) is 61.8 Å². The van der Waals surface area contributed by atoms with Gasteiger partial charge in [-0.05, 0) is 45.1 Å². The van der Waals surface area contributed by atoms with Gasteiger partial charge in [-0.2, -0.15) is 10.4 Å². The number of carbonyl (C=O) groups is 1. The van der Waals surface area contributed by atoms with E-state index in [0.29, 0.717) is 24.0 Å². The summed E-state index contributed by atoms with van der Waals surface area (Å²) in [5, 5.41) is 21.2. The second-order valence-corrected chi connectivity index (χ2v) is 7.35. The highest BCUT2D eigenvalue weighted by Crippen LogP contribution is 2.27. The fourth-order valence-corrected chi connectivity index (χ4v) is 3.90. The van der Waals surface area contributed by atoms with Crippen molar-refractivity contribution < 1.29 is 4.79 Å². The van der Waals surface area contributed by atoms with E-state index in [9.17, 15) is 10.1 Å². The molecule has 2 heterocycles. The fraction of sp³-hybridized carbons (Fsp3) is 0.684. The molecule has 2 aliphatic rings. The van der Waals surface area contributed by atoms with Crippen LogP contribution in [0.25, 0.3) is 0 Å². The topological polar surface area (TPSA) is 81.9 Å². The van der Waals surface area contributed by atoms with Crippen LogP contribution in [0.2, 0.25) is 0 Å². The molecule has 0 radical (unpaired) electrons. The molecule has 2 fully saturated rings. The van der Waals surface area contributed by atoms with Gasteiger partial charge in [0.1, 0.15) is 11.6 Å². The first-order chi connectivity index (χ1) is 12.1. The molecule has 1 aliphatic heterocycles. The number of piperidine rings is 1. The van der Waals surface area contributed by atoms with Crippen molar-refractivity contribution in [2.75, 3.05) is 18.0 Å². The van der Waals surface area contributed by atoms with Gasteiger partial charge in [-0.3, -0.25) is 4.79 Å². The summed E-state index contributed by atoms with van der Waals surface area (Å²) in [5.41, 5.74) is 2.24. The van der Waals surface area contributed by atoms with Crippen LogP contribution >= 0.6 is 0 Å². The molecule has 1 aromatic heterocycles. The monoisotopic (exact) mass is 341 g/mol. The number of nitrogens with zero attached hydrogens (tertiary/aromatic N) is 4. The molecule has 1 amide bonds. The molecule has 1 aromatic rings. The number of hydrogen-bond donors (Lipinski definition) is 1. The maximum atomic E-state index is 12.7. The average molecular weight is 341 g/mol. The number of anilines is 1. The Morgan fingerprint density at radius 2 is 1.92 bits per heavy atom. The summed E-state index contributed by atoms with van der Waals surface area (Å²) < 4.78 is 0. The second-order valence-electron chi connectivity index (χ2n) is 7.35. The van der Waals surface area contributed by atoms with E-state index in [-0.39, 0.29) is 11.8 Å². The third-order valence-corrected chi connectivity index (χ3v) is 5.59. The number of carbonyl (C=O) groups excluding carboxylic acids is 1. The molecule has 6 nitrogen and oxygen atoms in total. The van der Waals surface area contributed by atoms with Gasteiger partial charge in [-0.25, -0.2) is 0 Å². The summed E-state index contributed by atoms with van der Waals surface area (Å²) in [7, 11) is 0. The van der Waals surface area contributed by atoms with Crippen LogP contribution in [0.4, 0.5) is 5.82 Å². The Bertz CT molecular complexity index is 675. The van der Waals surface area contributed by atoms with E-state index in [1.54, 1.807) is 0 Å². The van der Waals surface area contributed by atoms with Crippen molar-refractivity contribution in [2.45, 2.75) is 64.8 Å². The molecule has 25 heavy (non-hydrogen) atoms. The molecular weight excluding hydrogens is 314 g/mol. The first kappa shape index (κ1) is 17.7. The van der Waals surface area contributed by atoms with Gasteiger partial charge in [0, 0.05) is 19.1 Å². The maximum absolute atomic E-state index is 12.7. The second kappa shape index (κ2) is 7.81. The third kappa shape index (κ3) is 3.92. The molecule has 134 valence electrons. The highest BCUT2D eigenvalue weighted by molar-refractivity contribution is 5.80. The SMILES string of the molecule is Cc1nnc(N2CCC[C@H](C(=O)NC3CCCCC3)C2)c(C#N)c1C. The minimum atomic E-state index is -0.0365. The lowest BCUT2D eigenvalue weighted by Crippen LogP contribution is -2.46. The Balaban J connectivity index is 1.70. The van der Waals surface area contributed by atoms with Crippen LogP contribution in [0.5, 0.6) is 0 Å². The fourth-order valence-electron chi connectivity index (χ4n) is 3.90. The number of rotatable bonds is 3. The average Bonchev–Trinajstić information content (AvgIpc) is 2.64. The molecule has 1 aliphatic carbocycles. The molecule has 0 unspecified atom stereocenters. The van der Waals surface area contributed by atoms with E-state index < -0.39 is 0 Å². The van der Waals surface area contributed by atoms with E-state index in [2.05, 4.69) is 26.5 Å². The molecule has 1 saturated heterocycles. The van der Waals surface area contributed by atoms with Gasteiger partial charge in [-0.1, -0.05) is 19.3 Å². The van der Waals surface area contributed by atoms with Crippen molar-refractivity contribution in [3.8, 4) is 6.07 Å². The number of aryl methyl sites for hydroxylation is 1. The van der Waals surface area contributed by atoms with Crippen molar-refractivity contribution in [1.82, 2.24) is 15.5 Å². The van der Waals surface area contributed by atoms with Crippen LogP contribution < -0.4 is 10.2 Å². The lowest BCUT2D eigenvalue weighted by atomic mass is 9.93. The zero-order valence-corrected chi connectivity index (χ0v) is 15.2. The van der Waals surface area contributed by atoms with E-state index in [1.165, 1.54) is 19.3 Å². The van der Waals surface area contributed by atoms with Crippen LogP contribution in [0.15, 0.2) is 0 Å². The van der Waals surface area contributed by atoms with Gasteiger partial charge in [0.05, 0.1) is 11.6 Å². The van der Waals surface area contributed by atoms with Crippen LogP contribution in [0.3, 0.4) is 0 Å². The van der Waals surface area contributed by atoms with Gasteiger partial charge >= 0.3 is 0 Å². The maximum Gasteiger partial charge on any atom is 0.225 e. The quantitative estimate of drug-likeness (QED) is 0.914. The molecule has 0 aromatic carbocycles. The number of aromatic nitrogens is 2. The molecular formula is C19H27N5O.